The third-order valence-corrected chi connectivity index (χ3v) is 6.18. The van der Waals surface area contributed by atoms with E-state index in [1.165, 1.54) is 10.6 Å². The molecule has 0 bridgehead atoms. The zero-order chi connectivity index (χ0) is 18.2. The third-order valence-electron chi connectivity index (χ3n) is 4.84. The van der Waals surface area contributed by atoms with Crippen molar-refractivity contribution >= 4 is 15.7 Å². The molecule has 0 unspecified atom stereocenters. The van der Waals surface area contributed by atoms with Crippen LogP contribution in [-0.2, 0) is 16.6 Å². The van der Waals surface area contributed by atoms with Crippen molar-refractivity contribution in [3.05, 3.63) is 46.0 Å². The van der Waals surface area contributed by atoms with Crippen LogP contribution in [0.25, 0.3) is 5.65 Å². The van der Waals surface area contributed by atoms with E-state index >= 15 is 0 Å². The Kier molecular flexibility index (Phi) is 4.95. The molecule has 1 aliphatic rings. The van der Waals surface area contributed by atoms with Crippen molar-refractivity contribution in [2.45, 2.75) is 32.4 Å². The van der Waals surface area contributed by atoms with Crippen LogP contribution in [0.2, 0.25) is 0 Å². The Labute approximate surface area is 148 Å². The van der Waals surface area contributed by atoms with E-state index in [-0.39, 0.29) is 11.6 Å². The molecule has 8 heteroatoms. The molecule has 7 nitrogen and oxygen atoms in total. The Morgan fingerprint density at radius 2 is 1.96 bits per heavy atom. The molecule has 2 aromatic heterocycles. The van der Waals surface area contributed by atoms with Crippen LogP contribution in [0, 0.1) is 6.92 Å². The predicted molar refractivity (Wildman–Crippen MR) is 97.1 cm³/mol. The van der Waals surface area contributed by atoms with Gasteiger partial charge in [-0.1, -0.05) is 6.07 Å². The van der Waals surface area contributed by atoms with Crippen molar-refractivity contribution in [3.63, 3.8) is 0 Å². The van der Waals surface area contributed by atoms with E-state index < -0.39 is 10.0 Å². The van der Waals surface area contributed by atoms with E-state index in [4.69, 9.17) is 0 Å². The van der Waals surface area contributed by atoms with Crippen LogP contribution in [-0.4, -0.2) is 59.4 Å². The molecule has 2 aromatic rings. The fraction of sp³-hybridized carbons (Fsp3) is 0.529. The zero-order valence-corrected chi connectivity index (χ0v) is 15.7. The van der Waals surface area contributed by atoms with Gasteiger partial charge in [-0.2, -0.15) is 0 Å². The number of aryl methyl sites for hydroxylation is 1. The molecule has 136 valence electrons. The van der Waals surface area contributed by atoms with Gasteiger partial charge in [0, 0.05) is 45.0 Å². The molecule has 0 radical (unpaired) electrons. The second kappa shape index (κ2) is 6.86. The number of piperidine rings is 1. The summed E-state index contributed by atoms with van der Waals surface area (Å²) in [6.07, 6.45) is 4.61. The quantitative estimate of drug-likeness (QED) is 0.804. The fourth-order valence-corrected chi connectivity index (χ4v) is 4.03. The standard InChI is InChI=1S/C17H24N4O3S/c1-13-4-5-16-18-14(10-17(22)21(16)11-13)12-20-8-6-15(7-9-20)19(2)25(3,23)24/h4-5,10-11,15H,6-9,12H2,1-3H3. The monoisotopic (exact) mass is 364 g/mol. The maximum Gasteiger partial charge on any atom is 0.258 e. The largest absolute Gasteiger partial charge is 0.297 e. The summed E-state index contributed by atoms with van der Waals surface area (Å²) in [6, 6.07) is 5.43. The van der Waals surface area contributed by atoms with Crippen molar-refractivity contribution in [2.24, 2.45) is 0 Å². The highest BCUT2D eigenvalue weighted by Gasteiger charge is 2.27. The van der Waals surface area contributed by atoms with E-state index in [9.17, 15) is 13.2 Å². The number of nitrogens with zero attached hydrogens (tertiary/aromatic N) is 4. The first-order chi connectivity index (χ1) is 11.7. The Morgan fingerprint density at radius 3 is 2.60 bits per heavy atom. The summed E-state index contributed by atoms with van der Waals surface area (Å²) in [7, 11) is -1.51. The first kappa shape index (κ1) is 18.0. The van der Waals surface area contributed by atoms with Crippen molar-refractivity contribution in [2.75, 3.05) is 26.4 Å². The maximum absolute atomic E-state index is 12.3. The lowest BCUT2D eigenvalue weighted by Crippen LogP contribution is -2.45. The maximum atomic E-state index is 12.3. The minimum absolute atomic E-state index is 0.0458. The number of rotatable bonds is 4. The first-order valence-corrected chi connectivity index (χ1v) is 10.2. The molecule has 0 aromatic carbocycles. The summed E-state index contributed by atoms with van der Waals surface area (Å²) in [5, 5.41) is 0. The number of sulfonamides is 1. The number of likely N-dealkylation sites (tertiary alicyclic amines) is 1. The summed E-state index contributed by atoms with van der Waals surface area (Å²) in [5.74, 6) is 0. The van der Waals surface area contributed by atoms with Gasteiger partial charge in [0.1, 0.15) is 5.65 Å². The van der Waals surface area contributed by atoms with Gasteiger partial charge in [0.2, 0.25) is 10.0 Å². The molecule has 1 aliphatic heterocycles. The van der Waals surface area contributed by atoms with Crippen molar-refractivity contribution in [1.82, 2.24) is 18.6 Å². The predicted octanol–water partition coefficient (Wildman–Crippen LogP) is 0.859. The van der Waals surface area contributed by atoms with Crippen LogP contribution >= 0.6 is 0 Å². The Morgan fingerprint density at radius 1 is 1.28 bits per heavy atom. The Hall–Kier alpha value is -1.77. The molecule has 3 rings (SSSR count). The highest BCUT2D eigenvalue weighted by Crippen LogP contribution is 2.18. The minimum atomic E-state index is -3.15. The van der Waals surface area contributed by atoms with Gasteiger partial charge in [-0.05, 0) is 31.4 Å². The molecule has 1 fully saturated rings. The molecular formula is C17H24N4O3S. The number of hydrogen-bond donors (Lipinski definition) is 0. The lowest BCUT2D eigenvalue weighted by Gasteiger charge is -2.35. The van der Waals surface area contributed by atoms with Gasteiger partial charge in [-0.25, -0.2) is 17.7 Å². The van der Waals surface area contributed by atoms with E-state index in [0.717, 1.165) is 37.2 Å². The molecule has 0 N–H and O–H groups in total. The Balaban J connectivity index is 1.69. The number of aromatic nitrogens is 2. The lowest BCUT2D eigenvalue weighted by atomic mass is 10.1. The summed E-state index contributed by atoms with van der Waals surface area (Å²) in [5.41, 5.74) is 2.35. The minimum Gasteiger partial charge on any atom is -0.297 e. The van der Waals surface area contributed by atoms with Crippen LogP contribution in [0.4, 0.5) is 0 Å². The summed E-state index contributed by atoms with van der Waals surface area (Å²) >= 11 is 0. The molecule has 0 amide bonds. The van der Waals surface area contributed by atoms with Gasteiger partial charge in [0.15, 0.2) is 0 Å². The Bertz CT molecular complexity index is 931. The molecule has 3 heterocycles. The normalized spacial score (nSPS) is 17.4. The van der Waals surface area contributed by atoms with Gasteiger partial charge in [-0.15, -0.1) is 0 Å². The molecular weight excluding hydrogens is 340 g/mol. The van der Waals surface area contributed by atoms with Crippen molar-refractivity contribution in [1.29, 1.82) is 0 Å². The molecule has 0 aliphatic carbocycles. The first-order valence-electron chi connectivity index (χ1n) is 8.38. The number of hydrogen-bond acceptors (Lipinski definition) is 5. The van der Waals surface area contributed by atoms with Gasteiger partial charge in [0.05, 0.1) is 11.9 Å². The van der Waals surface area contributed by atoms with E-state index in [2.05, 4.69) is 9.88 Å². The van der Waals surface area contributed by atoms with Gasteiger partial charge < -0.3 is 0 Å². The molecule has 25 heavy (non-hydrogen) atoms. The summed E-state index contributed by atoms with van der Waals surface area (Å²) in [4.78, 5) is 19.1. The topological polar surface area (TPSA) is 75.0 Å². The van der Waals surface area contributed by atoms with Crippen LogP contribution in [0.5, 0.6) is 0 Å². The van der Waals surface area contributed by atoms with Crippen LogP contribution in [0.1, 0.15) is 24.1 Å². The number of fused-ring (bicyclic) bond motifs is 1. The van der Waals surface area contributed by atoms with Gasteiger partial charge >= 0.3 is 0 Å². The SMILES string of the molecule is Cc1ccc2nc(CN3CCC(N(C)S(C)(=O)=O)CC3)cc(=O)n2c1. The van der Waals surface area contributed by atoms with Crippen LogP contribution in [0.15, 0.2) is 29.2 Å². The van der Waals surface area contributed by atoms with Crippen molar-refractivity contribution in [3.8, 4) is 0 Å². The van der Waals surface area contributed by atoms with Gasteiger partial charge in [0.25, 0.3) is 5.56 Å². The van der Waals surface area contributed by atoms with E-state index in [1.54, 1.807) is 23.7 Å². The fourth-order valence-electron chi connectivity index (χ4n) is 3.28. The van der Waals surface area contributed by atoms with Crippen LogP contribution in [0.3, 0.4) is 0 Å². The number of pyridine rings is 1. The summed E-state index contributed by atoms with van der Waals surface area (Å²) in [6.45, 7) is 4.13. The molecule has 0 saturated carbocycles. The van der Waals surface area contributed by atoms with Crippen molar-refractivity contribution < 1.29 is 8.42 Å². The van der Waals surface area contributed by atoms with Gasteiger partial charge in [-0.3, -0.25) is 14.1 Å². The zero-order valence-electron chi connectivity index (χ0n) is 14.8. The summed E-state index contributed by atoms with van der Waals surface area (Å²) < 4.78 is 26.3. The lowest BCUT2D eigenvalue weighted by molar-refractivity contribution is 0.163. The molecule has 0 spiro atoms. The van der Waals surface area contributed by atoms with E-state index in [0.29, 0.717) is 12.2 Å². The molecule has 1 saturated heterocycles. The highest BCUT2D eigenvalue weighted by molar-refractivity contribution is 7.88. The van der Waals surface area contributed by atoms with E-state index in [1.807, 2.05) is 19.1 Å². The highest BCUT2D eigenvalue weighted by atomic mass is 32.2. The smallest absolute Gasteiger partial charge is 0.258 e. The second-order valence-corrected chi connectivity index (χ2v) is 8.85. The third kappa shape index (κ3) is 4.08. The average molecular weight is 364 g/mol. The molecule has 0 atom stereocenters. The second-order valence-electron chi connectivity index (χ2n) is 6.81. The average Bonchev–Trinajstić information content (AvgIpc) is 2.55. The van der Waals surface area contributed by atoms with Crippen LogP contribution < -0.4 is 5.56 Å².